The van der Waals surface area contributed by atoms with Crippen molar-refractivity contribution in [3.63, 3.8) is 0 Å². The van der Waals surface area contributed by atoms with E-state index in [1.165, 1.54) is 0 Å². The van der Waals surface area contributed by atoms with Crippen LogP contribution in [0.15, 0.2) is 18.3 Å². The molecular formula is C10H16N2O2. The summed E-state index contributed by atoms with van der Waals surface area (Å²) in [5, 5.41) is 8.81. The molecule has 0 aliphatic heterocycles. The van der Waals surface area contributed by atoms with E-state index >= 15 is 0 Å². The maximum atomic E-state index is 8.81. The van der Waals surface area contributed by atoms with E-state index in [1.807, 2.05) is 31.0 Å². The first kappa shape index (κ1) is 10.8. The van der Waals surface area contributed by atoms with Gasteiger partial charge >= 0.3 is 0 Å². The number of rotatable bonds is 5. The third-order valence-electron chi connectivity index (χ3n) is 1.85. The van der Waals surface area contributed by atoms with Gasteiger partial charge in [-0.05, 0) is 19.1 Å². The van der Waals surface area contributed by atoms with Gasteiger partial charge in [0.2, 0.25) is 0 Å². The molecule has 4 nitrogen and oxygen atoms in total. The Bertz CT molecular complexity index is 279. The molecule has 78 valence electrons. The molecule has 0 saturated carbocycles. The summed E-state index contributed by atoms with van der Waals surface area (Å²) in [5.74, 6) is 1.52. The highest BCUT2D eigenvalue weighted by molar-refractivity contribution is 5.51. The predicted octanol–water partition coefficient (Wildman–Crippen LogP) is 0.909. The number of aliphatic hydroxyl groups excluding tert-OH is 1. The topological polar surface area (TPSA) is 45.6 Å². The highest BCUT2D eigenvalue weighted by atomic mass is 16.5. The number of pyridine rings is 1. The normalized spacial score (nSPS) is 9.93. The Morgan fingerprint density at radius 2 is 2.36 bits per heavy atom. The van der Waals surface area contributed by atoms with Gasteiger partial charge in [0.15, 0.2) is 11.6 Å². The number of ether oxygens (including phenoxy) is 1. The molecule has 0 radical (unpaired) electrons. The first-order chi connectivity index (χ1) is 6.79. The average Bonchev–Trinajstić information content (AvgIpc) is 2.19. The van der Waals surface area contributed by atoms with Gasteiger partial charge in [-0.25, -0.2) is 4.98 Å². The Morgan fingerprint density at radius 1 is 1.57 bits per heavy atom. The van der Waals surface area contributed by atoms with Crippen molar-refractivity contribution in [3.8, 4) is 5.75 Å². The average molecular weight is 196 g/mol. The molecule has 0 aliphatic rings. The zero-order chi connectivity index (χ0) is 10.4. The number of nitrogens with zero attached hydrogens (tertiary/aromatic N) is 2. The zero-order valence-corrected chi connectivity index (χ0v) is 8.60. The van der Waals surface area contributed by atoms with Crippen molar-refractivity contribution in [3.05, 3.63) is 18.3 Å². The molecular weight excluding hydrogens is 180 g/mol. The van der Waals surface area contributed by atoms with E-state index in [4.69, 9.17) is 9.84 Å². The zero-order valence-electron chi connectivity index (χ0n) is 8.60. The molecule has 0 saturated heterocycles. The van der Waals surface area contributed by atoms with E-state index in [9.17, 15) is 0 Å². The Kier molecular flexibility index (Phi) is 4.19. The first-order valence-corrected chi connectivity index (χ1v) is 4.69. The molecule has 1 heterocycles. The molecule has 0 aliphatic carbocycles. The highest BCUT2D eigenvalue weighted by Gasteiger charge is 2.08. The Balaban J connectivity index is 2.82. The quantitative estimate of drug-likeness (QED) is 0.760. The Labute approximate surface area is 84.1 Å². The minimum Gasteiger partial charge on any atom is -0.490 e. The second-order valence-corrected chi connectivity index (χ2v) is 2.90. The predicted molar refractivity (Wildman–Crippen MR) is 55.8 cm³/mol. The van der Waals surface area contributed by atoms with Gasteiger partial charge in [0.05, 0.1) is 13.2 Å². The largest absolute Gasteiger partial charge is 0.490 e. The standard InChI is InChI=1S/C10H16N2O2/c1-3-14-9-5-4-6-11-10(9)12(2)7-8-13/h4-6,13H,3,7-8H2,1-2H3. The summed E-state index contributed by atoms with van der Waals surface area (Å²) in [6.45, 7) is 3.21. The minimum atomic E-state index is 0.110. The van der Waals surface area contributed by atoms with Crippen LogP contribution in [-0.4, -0.2) is 36.9 Å². The monoisotopic (exact) mass is 196 g/mol. The van der Waals surface area contributed by atoms with Crippen LogP contribution in [0.25, 0.3) is 0 Å². The molecule has 1 aromatic heterocycles. The number of hydrogen-bond acceptors (Lipinski definition) is 4. The molecule has 0 spiro atoms. The third kappa shape index (κ3) is 2.60. The van der Waals surface area contributed by atoms with Crippen LogP contribution in [0.4, 0.5) is 5.82 Å². The van der Waals surface area contributed by atoms with Gasteiger partial charge in [-0.15, -0.1) is 0 Å². The second-order valence-electron chi connectivity index (χ2n) is 2.90. The SMILES string of the molecule is CCOc1cccnc1N(C)CCO. The maximum Gasteiger partial charge on any atom is 0.171 e. The second kappa shape index (κ2) is 5.44. The fraction of sp³-hybridized carbons (Fsp3) is 0.500. The van der Waals surface area contributed by atoms with Crippen molar-refractivity contribution in [2.24, 2.45) is 0 Å². The van der Waals surface area contributed by atoms with E-state index in [1.54, 1.807) is 6.20 Å². The van der Waals surface area contributed by atoms with Crippen LogP contribution in [0.2, 0.25) is 0 Å². The first-order valence-electron chi connectivity index (χ1n) is 4.69. The van der Waals surface area contributed by atoms with Crippen molar-refractivity contribution in [2.75, 3.05) is 31.7 Å². The number of aromatic nitrogens is 1. The molecule has 14 heavy (non-hydrogen) atoms. The lowest BCUT2D eigenvalue weighted by molar-refractivity contribution is 0.302. The van der Waals surface area contributed by atoms with Crippen LogP contribution in [0.3, 0.4) is 0 Å². The van der Waals surface area contributed by atoms with Gasteiger partial charge in [-0.2, -0.15) is 0 Å². The summed E-state index contributed by atoms with van der Waals surface area (Å²) in [6.07, 6.45) is 1.71. The molecule has 1 N–H and O–H groups in total. The van der Waals surface area contributed by atoms with Crippen molar-refractivity contribution >= 4 is 5.82 Å². The van der Waals surface area contributed by atoms with E-state index in [0.717, 1.165) is 11.6 Å². The van der Waals surface area contributed by atoms with Gasteiger partial charge in [-0.3, -0.25) is 0 Å². The lowest BCUT2D eigenvalue weighted by atomic mass is 10.4. The van der Waals surface area contributed by atoms with Gasteiger partial charge in [0.1, 0.15) is 0 Å². The van der Waals surface area contributed by atoms with Crippen LogP contribution in [0.1, 0.15) is 6.92 Å². The molecule has 0 fully saturated rings. The van der Waals surface area contributed by atoms with Crippen LogP contribution < -0.4 is 9.64 Å². The van der Waals surface area contributed by atoms with Crippen molar-refractivity contribution in [2.45, 2.75) is 6.92 Å². The van der Waals surface area contributed by atoms with E-state index in [-0.39, 0.29) is 6.61 Å². The molecule has 0 atom stereocenters. The summed E-state index contributed by atoms with van der Waals surface area (Å²) in [5.41, 5.74) is 0. The summed E-state index contributed by atoms with van der Waals surface area (Å²) in [4.78, 5) is 6.07. The van der Waals surface area contributed by atoms with E-state index < -0.39 is 0 Å². The molecule has 4 heteroatoms. The fourth-order valence-electron chi connectivity index (χ4n) is 1.19. The maximum absolute atomic E-state index is 8.81. The Hall–Kier alpha value is -1.29. The minimum absolute atomic E-state index is 0.110. The number of aliphatic hydroxyl groups is 1. The lowest BCUT2D eigenvalue weighted by Crippen LogP contribution is -2.22. The van der Waals surface area contributed by atoms with Crippen LogP contribution in [-0.2, 0) is 0 Å². The molecule has 0 aromatic carbocycles. The van der Waals surface area contributed by atoms with Crippen LogP contribution in [0.5, 0.6) is 5.75 Å². The van der Waals surface area contributed by atoms with Crippen LogP contribution >= 0.6 is 0 Å². The molecule has 1 rings (SSSR count). The van der Waals surface area contributed by atoms with Gasteiger partial charge in [0, 0.05) is 19.8 Å². The fourth-order valence-corrected chi connectivity index (χ4v) is 1.19. The summed E-state index contributed by atoms with van der Waals surface area (Å²) in [7, 11) is 1.88. The molecule has 1 aromatic rings. The molecule has 0 unspecified atom stereocenters. The smallest absolute Gasteiger partial charge is 0.171 e. The summed E-state index contributed by atoms with van der Waals surface area (Å²) in [6, 6.07) is 3.71. The molecule has 0 amide bonds. The van der Waals surface area contributed by atoms with Gasteiger partial charge < -0.3 is 14.7 Å². The number of likely N-dealkylation sites (N-methyl/N-ethyl adjacent to an activating group) is 1. The third-order valence-corrected chi connectivity index (χ3v) is 1.85. The van der Waals surface area contributed by atoms with Gasteiger partial charge in [-0.1, -0.05) is 0 Å². The number of hydrogen-bond donors (Lipinski definition) is 1. The Morgan fingerprint density at radius 3 is 3.00 bits per heavy atom. The summed E-state index contributed by atoms with van der Waals surface area (Å²) < 4.78 is 5.42. The van der Waals surface area contributed by atoms with Crippen LogP contribution in [0, 0.1) is 0 Å². The van der Waals surface area contributed by atoms with Crippen molar-refractivity contribution in [1.82, 2.24) is 4.98 Å². The summed E-state index contributed by atoms with van der Waals surface area (Å²) >= 11 is 0. The van der Waals surface area contributed by atoms with E-state index in [0.29, 0.717) is 13.2 Å². The van der Waals surface area contributed by atoms with Crippen molar-refractivity contribution < 1.29 is 9.84 Å². The number of anilines is 1. The highest BCUT2D eigenvalue weighted by Crippen LogP contribution is 2.23. The lowest BCUT2D eigenvalue weighted by Gasteiger charge is -2.19. The van der Waals surface area contributed by atoms with Gasteiger partial charge in [0.25, 0.3) is 0 Å². The van der Waals surface area contributed by atoms with Crippen molar-refractivity contribution in [1.29, 1.82) is 0 Å². The van der Waals surface area contributed by atoms with E-state index in [2.05, 4.69) is 4.98 Å². The molecule has 0 bridgehead atoms.